The number of anilines is 2. The summed E-state index contributed by atoms with van der Waals surface area (Å²) in [6, 6.07) is 11.0. The van der Waals surface area contributed by atoms with E-state index in [9.17, 15) is 9.59 Å². The van der Waals surface area contributed by atoms with E-state index in [1.54, 1.807) is 25.4 Å². The molecule has 3 heterocycles. The molecule has 1 aliphatic heterocycles. The monoisotopic (exact) mass is 433 g/mol. The van der Waals surface area contributed by atoms with Crippen molar-refractivity contribution in [3.8, 4) is 11.3 Å². The third-order valence-electron chi connectivity index (χ3n) is 5.61. The van der Waals surface area contributed by atoms with Crippen LogP contribution in [0.15, 0.2) is 47.4 Å². The molecular weight excluding hydrogens is 406 g/mol. The smallest absolute Gasteiger partial charge is 0.290 e. The quantitative estimate of drug-likeness (QED) is 0.666. The second kappa shape index (κ2) is 9.32. The first-order valence-electron chi connectivity index (χ1n) is 10.7. The molecule has 3 aromatic rings. The molecule has 166 valence electrons. The lowest BCUT2D eigenvalue weighted by Gasteiger charge is -2.28. The molecule has 0 radical (unpaired) electrons. The van der Waals surface area contributed by atoms with Gasteiger partial charge in [-0.3, -0.25) is 14.6 Å². The molecule has 2 aromatic heterocycles. The number of carbonyl (C=O) groups is 1. The number of hydrogen-bond acceptors (Lipinski definition) is 6. The maximum Gasteiger partial charge on any atom is 0.290 e. The summed E-state index contributed by atoms with van der Waals surface area (Å²) in [5.74, 6) is -0.195. The van der Waals surface area contributed by atoms with Gasteiger partial charge in [0.05, 0.1) is 18.9 Å². The molecule has 0 spiro atoms. The molecule has 1 saturated heterocycles. The predicted molar refractivity (Wildman–Crippen MR) is 124 cm³/mol. The van der Waals surface area contributed by atoms with Crippen LogP contribution >= 0.6 is 0 Å². The number of hydrogen-bond donors (Lipinski definition) is 1. The van der Waals surface area contributed by atoms with Gasteiger partial charge in [0, 0.05) is 48.8 Å². The number of carbonyl (C=O) groups excluding carboxylic acids is 1. The van der Waals surface area contributed by atoms with Gasteiger partial charge in [-0.1, -0.05) is 13.0 Å². The highest BCUT2D eigenvalue weighted by atomic mass is 16.5. The van der Waals surface area contributed by atoms with Crippen LogP contribution in [0.3, 0.4) is 0 Å². The average Bonchev–Trinajstić information content (AvgIpc) is 2.82. The zero-order valence-electron chi connectivity index (χ0n) is 18.6. The maximum atomic E-state index is 12.8. The number of benzene rings is 1. The molecule has 1 aromatic carbocycles. The first kappa shape index (κ1) is 21.7. The number of rotatable bonds is 5. The average molecular weight is 434 g/mol. The summed E-state index contributed by atoms with van der Waals surface area (Å²) in [5.41, 5.74) is 5.10. The number of nitrogens with one attached hydrogen (secondary N) is 1. The molecule has 0 unspecified atom stereocenters. The van der Waals surface area contributed by atoms with E-state index in [4.69, 9.17) is 4.74 Å². The summed E-state index contributed by atoms with van der Waals surface area (Å²) in [6.45, 7) is 6.51. The summed E-state index contributed by atoms with van der Waals surface area (Å²) in [4.78, 5) is 31.8. The van der Waals surface area contributed by atoms with Crippen LogP contribution in [0.25, 0.3) is 11.3 Å². The lowest BCUT2D eigenvalue weighted by atomic mass is 10.0. The van der Waals surface area contributed by atoms with Crippen molar-refractivity contribution in [2.75, 3.05) is 36.5 Å². The summed E-state index contributed by atoms with van der Waals surface area (Å²) >= 11 is 0. The fourth-order valence-corrected chi connectivity index (χ4v) is 3.75. The number of ether oxygens (including phenoxy) is 1. The molecule has 1 amide bonds. The second-order valence-corrected chi connectivity index (χ2v) is 7.82. The minimum atomic E-state index is -0.195. The predicted octanol–water partition coefficient (Wildman–Crippen LogP) is 2.80. The largest absolute Gasteiger partial charge is 0.378 e. The standard InChI is InChI=1S/C24H27N5O3/c1-4-18-13-17(7-8-25-18)23(30)26-19-6-5-16(2)20(14-19)21-15-22(24(31)28(3)27-21)29-9-11-32-12-10-29/h5-8,13-15H,4,9-12H2,1-3H3,(H,26,30). The van der Waals surface area contributed by atoms with Crippen LogP contribution in [0, 0.1) is 6.92 Å². The van der Waals surface area contributed by atoms with Gasteiger partial charge in [0.15, 0.2) is 0 Å². The Hall–Kier alpha value is -3.52. The Morgan fingerprint density at radius 2 is 1.94 bits per heavy atom. The van der Waals surface area contributed by atoms with Crippen molar-refractivity contribution in [3.63, 3.8) is 0 Å². The lowest BCUT2D eigenvalue weighted by Crippen LogP contribution is -2.40. The second-order valence-electron chi connectivity index (χ2n) is 7.82. The van der Waals surface area contributed by atoms with Gasteiger partial charge in [-0.2, -0.15) is 5.10 Å². The fourth-order valence-electron chi connectivity index (χ4n) is 3.75. The van der Waals surface area contributed by atoms with Gasteiger partial charge in [-0.05, 0) is 49.2 Å². The number of pyridine rings is 1. The first-order valence-corrected chi connectivity index (χ1v) is 10.7. The van der Waals surface area contributed by atoms with Crippen LogP contribution in [0.4, 0.5) is 11.4 Å². The maximum absolute atomic E-state index is 12.8. The van der Waals surface area contributed by atoms with Crippen molar-refractivity contribution in [1.82, 2.24) is 14.8 Å². The third kappa shape index (κ3) is 4.55. The fraction of sp³-hybridized carbons (Fsp3) is 0.333. The lowest BCUT2D eigenvalue weighted by molar-refractivity contribution is 0.102. The SMILES string of the molecule is CCc1cc(C(=O)Nc2ccc(C)c(-c3cc(N4CCOCC4)c(=O)n(C)n3)c2)ccn1. The Labute approximate surface area is 186 Å². The van der Waals surface area contributed by atoms with Crippen LogP contribution in [0.2, 0.25) is 0 Å². The van der Waals surface area contributed by atoms with Gasteiger partial charge < -0.3 is 15.0 Å². The Bertz CT molecular complexity index is 1200. The summed E-state index contributed by atoms with van der Waals surface area (Å²) < 4.78 is 6.79. The number of aryl methyl sites for hydroxylation is 3. The third-order valence-corrected chi connectivity index (χ3v) is 5.61. The van der Waals surface area contributed by atoms with Crippen molar-refractivity contribution in [2.24, 2.45) is 7.05 Å². The summed E-state index contributed by atoms with van der Waals surface area (Å²) in [6.07, 6.45) is 2.41. The molecule has 0 bridgehead atoms. The van der Waals surface area contributed by atoms with Gasteiger partial charge in [0.1, 0.15) is 5.69 Å². The van der Waals surface area contributed by atoms with Gasteiger partial charge in [0.2, 0.25) is 0 Å². The molecule has 1 N–H and O–H groups in total. The number of amides is 1. The van der Waals surface area contributed by atoms with E-state index in [0.29, 0.717) is 48.9 Å². The number of nitrogens with zero attached hydrogens (tertiary/aromatic N) is 4. The van der Waals surface area contributed by atoms with Gasteiger partial charge in [0.25, 0.3) is 11.5 Å². The van der Waals surface area contributed by atoms with Crippen LogP contribution in [0.1, 0.15) is 28.5 Å². The van der Waals surface area contributed by atoms with Crippen LogP contribution in [-0.2, 0) is 18.2 Å². The molecule has 1 fully saturated rings. The van der Waals surface area contributed by atoms with E-state index in [2.05, 4.69) is 15.4 Å². The van der Waals surface area contributed by atoms with Crippen LogP contribution in [-0.4, -0.2) is 47.0 Å². The van der Waals surface area contributed by atoms with E-state index in [1.807, 2.05) is 43.0 Å². The Balaban J connectivity index is 1.66. The molecule has 4 rings (SSSR count). The van der Waals surface area contributed by atoms with E-state index in [0.717, 1.165) is 23.2 Å². The first-order chi connectivity index (χ1) is 15.5. The molecule has 1 aliphatic rings. The molecule has 0 aliphatic carbocycles. The Morgan fingerprint density at radius 1 is 1.16 bits per heavy atom. The van der Waals surface area contributed by atoms with Crippen LogP contribution < -0.4 is 15.8 Å². The van der Waals surface area contributed by atoms with Crippen molar-refractivity contribution in [1.29, 1.82) is 0 Å². The van der Waals surface area contributed by atoms with E-state index < -0.39 is 0 Å². The van der Waals surface area contributed by atoms with Crippen LogP contribution in [0.5, 0.6) is 0 Å². The number of aromatic nitrogens is 3. The number of morpholine rings is 1. The zero-order valence-corrected chi connectivity index (χ0v) is 18.6. The van der Waals surface area contributed by atoms with Crippen molar-refractivity contribution >= 4 is 17.3 Å². The minimum absolute atomic E-state index is 0.137. The Morgan fingerprint density at radius 3 is 2.69 bits per heavy atom. The molecule has 32 heavy (non-hydrogen) atoms. The summed E-state index contributed by atoms with van der Waals surface area (Å²) in [5, 5.41) is 7.45. The normalized spacial score (nSPS) is 13.8. The van der Waals surface area contributed by atoms with E-state index in [-0.39, 0.29) is 11.5 Å². The van der Waals surface area contributed by atoms with Gasteiger partial charge >= 0.3 is 0 Å². The summed E-state index contributed by atoms with van der Waals surface area (Å²) in [7, 11) is 1.66. The van der Waals surface area contributed by atoms with E-state index >= 15 is 0 Å². The molecular formula is C24H27N5O3. The van der Waals surface area contributed by atoms with Gasteiger partial charge in [-0.25, -0.2) is 4.68 Å². The highest BCUT2D eigenvalue weighted by molar-refractivity contribution is 6.04. The van der Waals surface area contributed by atoms with E-state index in [1.165, 1.54) is 4.68 Å². The topological polar surface area (TPSA) is 89.4 Å². The van der Waals surface area contributed by atoms with Crippen molar-refractivity contribution in [2.45, 2.75) is 20.3 Å². The van der Waals surface area contributed by atoms with Crippen molar-refractivity contribution < 1.29 is 9.53 Å². The molecule has 0 atom stereocenters. The Kier molecular flexibility index (Phi) is 6.32. The highest BCUT2D eigenvalue weighted by Gasteiger charge is 2.18. The van der Waals surface area contributed by atoms with Crippen molar-refractivity contribution in [3.05, 3.63) is 69.8 Å². The highest BCUT2D eigenvalue weighted by Crippen LogP contribution is 2.27. The molecule has 8 nitrogen and oxygen atoms in total. The zero-order chi connectivity index (χ0) is 22.7. The minimum Gasteiger partial charge on any atom is -0.378 e. The van der Waals surface area contributed by atoms with Gasteiger partial charge in [-0.15, -0.1) is 0 Å². The molecule has 0 saturated carbocycles. The molecule has 8 heteroatoms.